The number of hydrogen-bond acceptors (Lipinski definition) is 5. The van der Waals surface area contributed by atoms with Gasteiger partial charge in [-0.15, -0.1) is 35.3 Å². The lowest BCUT2D eigenvalue weighted by atomic mass is 10.2. The Kier molecular flexibility index (Phi) is 9.55. The molecule has 0 aliphatic rings. The van der Waals surface area contributed by atoms with Crippen molar-refractivity contribution in [2.24, 2.45) is 4.99 Å². The maximum atomic E-state index is 12.5. The molecule has 26 heavy (non-hydrogen) atoms. The van der Waals surface area contributed by atoms with E-state index in [1.54, 1.807) is 30.5 Å². The minimum Gasteiger partial charge on any atom is -0.493 e. The number of halogens is 3. The van der Waals surface area contributed by atoms with Gasteiger partial charge >= 0.3 is 6.61 Å². The SMILES string of the molecule is CN=C(NCc1ccc(OC)c(OC(F)F)c1)NCc1ncc(C)s1.I. The van der Waals surface area contributed by atoms with Crippen molar-refractivity contribution in [2.75, 3.05) is 14.2 Å². The normalized spacial score (nSPS) is 11.1. The fraction of sp³-hybridized carbons (Fsp3) is 0.375. The molecule has 0 bridgehead atoms. The van der Waals surface area contributed by atoms with Crippen molar-refractivity contribution in [1.82, 2.24) is 15.6 Å². The second-order valence-electron chi connectivity index (χ2n) is 5.01. The van der Waals surface area contributed by atoms with Crippen LogP contribution < -0.4 is 20.1 Å². The first-order chi connectivity index (χ1) is 12.0. The summed E-state index contributed by atoms with van der Waals surface area (Å²) in [7, 11) is 3.06. The fourth-order valence-corrected chi connectivity index (χ4v) is 2.79. The molecule has 144 valence electrons. The molecule has 1 heterocycles. The predicted octanol–water partition coefficient (Wildman–Crippen LogP) is 3.54. The summed E-state index contributed by atoms with van der Waals surface area (Å²) in [5.74, 6) is 0.837. The third-order valence-corrected chi connectivity index (χ3v) is 4.12. The molecule has 0 radical (unpaired) electrons. The topological polar surface area (TPSA) is 67.8 Å². The van der Waals surface area contributed by atoms with Crippen LogP contribution in [0, 0.1) is 6.92 Å². The van der Waals surface area contributed by atoms with Crippen LogP contribution in [-0.2, 0) is 13.1 Å². The Bertz CT molecular complexity index is 728. The Morgan fingerprint density at radius 3 is 2.58 bits per heavy atom. The summed E-state index contributed by atoms with van der Waals surface area (Å²) < 4.78 is 34.4. The summed E-state index contributed by atoms with van der Waals surface area (Å²) in [6.45, 7) is 0.0331. The third-order valence-electron chi connectivity index (χ3n) is 3.20. The highest BCUT2D eigenvalue weighted by molar-refractivity contribution is 14.0. The molecule has 1 aromatic heterocycles. The van der Waals surface area contributed by atoms with Gasteiger partial charge in [0.15, 0.2) is 17.5 Å². The average Bonchev–Trinajstić information content (AvgIpc) is 3.00. The van der Waals surface area contributed by atoms with E-state index in [4.69, 9.17) is 4.74 Å². The molecule has 0 spiro atoms. The molecule has 2 N–H and O–H groups in total. The van der Waals surface area contributed by atoms with E-state index >= 15 is 0 Å². The molecule has 0 unspecified atom stereocenters. The van der Waals surface area contributed by atoms with E-state index < -0.39 is 6.61 Å². The highest BCUT2D eigenvalue weighted by Crippen LogP contribution is 2.29. The summed E-state index contributed by atoms with van der Waals surface area (Å²) in [4.78, 5) is 9.54. The number of hydrogen-bond donors (Lipinski definition) is 2. The number of nitrogens with one attached hydrogen (secondary N) is 2. The number of aromatic nitrogens is 1. The molecule has 0 amide bonds. The number of methoxy groups -OCH3 is 1. The Balaban J connectivity index is 0.00000338. The van der Waals surface area contributed by atoms with Crippen molar-refractivity contribution in [2.45, 2.75) is 26.6 Å². The van der Waals surface area contributed by atoms with Crippen LogP contribution in [0.2, 0.25) is 0 Å². The summed E-state index contributed by atoms with van der Waals surface area (Å²) in [6, 6.07) is 4.86. The van der Waals surface area contributed by atoms with E-state index in [9.17, 15) is 8.78 Å². The molecular weight excluding hydrogens is 477 g/mol. The molecule has 0 saturated carbocycles. The van der Waals surface area contributed by atoms with E-state index in [0.29, 0.717) is 19.0 Å². The smallest absolute Gasteiger partial charge is 0.387 e. The van der Waals surface area contributed by atoms with Crippen molar-refractivity contribution in [1.29, 1.82) is 0 Å². The molecule has 10 heteroatoms. The number of benzene rings is 1. The van der Waals surface area contributed by atoms with Gasteiger partial charge in [0.05, 0.1) is 13.7 Å². The van der Waals surface area contributed by atoms with Crippen LogP contribution in [0.1, 0.15) is 15.4 Å². The first kappa shape index (κ1) is 22.4. The zero-order chi connectivity index (χ0) is 18.2. The maximum absolute atomic E-state index is 12.5. The Morgan fingerprint density at radius 1 is 1.27 bits per heavy atom. The van der Waals surface area contributed by atoms with E-state index in [2.05, 4.69) is 25.3 Å². The summed E-state index contributed by atoms with van der Waals surface area (Å²) in [6.07, 6.45) is 1.82. The van der Waals surface area contributed by atoms with Gasteiger partial charge in [0, 0.05) is 24.7 Å². The van der Waals surface area contributed by atoms with Crippen molar-refractivity contribution < 1.29 is 18.3 Å². The molecule has 0 aliphatic heterocycles. The van der Waals surface area contributed by atoms with Crippen molar-refractivity contribution >= 4 is 41.3 Å². The molecule has 1 aromatic carbocycles. The zero-order valence-corrected chi connectivity index (χ0v) is 17.7. The van der Waals surface area contributed by atoms with Gasteiger partial charge in [-0.05, 0) is 24.6 Å². The number of ether oxygens (including phenoxy) is 2. The van der Waals surface area contributed by atoms with Gasteiger partial charge < -0.3 is 20.1 Å². The molecular formula is C16H21F2IN4O2S. The Morgan fingerprint density at radius 2 is 2.00 bits per heavy atom. The summed E-state index contributed by atoms with van der Waals surface area (Å²) in [5.41, 5.74) is 0.754. The number of guanidine groups is 1. The second-order valence-corrected chi connectivity index (χ2v) is 6.33. The molecule has 2 rings (SSSR count). The molecule has 0 atom stereocenters. The van der Waals surface area contributed by atoms with Gasteiger partial charge in [-0.3, -0.25) is 4.99 Å². The molecule has 0 fully saturated rings. The molecule has 0 saturated heterocycles. The lowest BCUT2D eigenvalue weighted by molar-refractivity contribution is -0.0512. The number of thiazole rings is 1. The van der Waals surface area contributed by atoms with Gasteiger partial charge in [-0.25, -0.2) is 4.98 Å². The molecule has 2 aromatic rings. The molecule has 0 aliphatic carbocycles. The van der Waals surface area contributed by atoms with Crippen LogP contribution in [0.25, 0.3) is 0 Å². The number of rotatable bonds is 7. The van der Waals surface area contributed by atoms with Crippen molar-refractivity contribution in [3.63, 3.8) is 0 Å². The predicted molar refractivity (Wildman–Crippen MR) is 109 cm³/mol. The van der Waals surface area contributed by atoms with Gasteiger partial charge in [0.2, 0.25) is 0 Å². The van der Waals surface area contributed by atoms with Gasteiger partial charge in [-0.2, -0.15) is 8.78 Å². The first-order valence-corrected chi connectivity index (χ1v) is 8.31. The van der Waals surface area contributed by atoms with Crippen LogP contribution in [-0.4, -0.2) is 31.7 Å². The number of nitrogens with zero attached hydrogens (tertiary/aromatic N) is 2. The minimum atomic E-state index is -2.91. The van der Waals surface area contributed by atoms with Crippen molar-refractivity contribution in [3.8, 4) is 11.5 Å². The fourth-order valence-electron chi connectivity index (χ4n) is 2.07. The van der Waals surface area contributed by atoms with Gasteiger partial charge in [0.25, 0.3) is 0 Å². The van der Waals surface area contributed by atoms with E-state index in [1.165, 1.54) is 13.2 Å². The third kappa shape index (κ3) is 6.90. The number of aryl methyl sites for hydroxylation is 1. The summed E-state index contributed by atoms with van der Waals surface area (Å²) >= 11 is 1.61. The van der Waals surface area contributed by atoms with Crippen LogP contribution in [0.4, 0.5) is 8.78 Å². The number of aliphatic imine (C=N–C) groups is 1. The monoisotopic (exact) mass is 498 g/mol. The van der Waals surface area contributed by atoms with Gasteiger partial charge in [0.1, 0.15) is 5.01 Å². The first-order valence-electron chi connectivity index (χ1n) is 7.49. The number of alkyl halides is 2. The highest BCUT2D eigenvalue weighted by Gasteiger charge is 2.11. The molecule has 6 nitrogen and oxygen atoms in total. The van der Waals surface area contributed by atoms with E-state index in [-0.39, 0.29) is 35.5 Å². The van der Waals surface area contributed by atoms with Crippen LogP contribution in [0.5, 0.6) is 11.5 Å². The van der Waals surface area contributed by atoms with Gasteiger partial charge in [-0.1, -0.05) is 6.07 Å². The van der Waals surface area contributed by atoms with E-state index in [1.807, 2.05) is 13.1 Å². The lowest BCUT2D eigenvalue weighted by Gasteiger charge is -2.14. The average molecular weight is 498 g/mol. The lowest BCUT2D eigenvalue weighted by Crippen LogP contribution is -2.36. The van der Waals surface area contributed by atoms with Crippen LogP contribution >= 0.6 is 35.3 Å². The zero-order valence-electron chi connectivity index (χ0n) is 14.6. The largest absolute Gasteiger partial charge is 0.493 e. The van der Waals surface area contributed by atoms with E-state index in [0.717, 1.165) is 15.4 Å². The Hall–Kier alpha value is -1.69. The Labute approximate surface area is 172 Å². The quantitative estimate of drug-likeness (QED) is 0.348. The second kappa shape index (κ2) is 11.1. The maximum Gasteiger partial charge on any atom is 0.387 e. The highest BCUT2D eigenvalue weighted by atomic mass is 127. The van der Waals surface area contributed by atoms with Crippen LogP contribution in [0.3, 0.4) is 0 Å². The summed E-state index contributed by atoms with van der Waals surface area (Å²) in [5, 5.41) is 7.22. The standard InChI is InChI=1S/C16H20F2N4O2S.HI/c1-10-7-20-14(25-10)9-22-16(19-2)21-8-11-4-5-12(23-3)13(6-11)24-15(17)18;/h4-7,15H,8-9H2,1-3H3,(H2,19,21,22);1H. The minimum absolute atomic E-state index is 0. The van der Waals surface area contributed by atoms with Crippen LogP contribution in [0.15, 0.2) is 29.4 Å². The van der Waals surface area contributed by atoms with Crippen molar-refractivity contribution in [3.05, 3.63) is 39.8 Å².